The van der Waals surface area contributed by atoms with Gasteiger partial charge in [-0.2, -0.15) is 0 Å². The van der Waals surface area contributed by atoms with Crippen molar-refractivity contribution in [3.63, 3.8) is 0 Å². The summed E-state index contributed by atoms with van der Waals surface area (Å²) in [5.41, 5.74) is 1.85. The van der Waals surface area contributed by atoms with Crippen LogP contribution in [0, 0.1) is 6.92 Å². The van der Waals surface area contributed by atoms with E-state index >= 15 is 0 Å². The van der Waals surface area contributed by atoms with E-state index in [0.717, 1.165) is 10.0 Å². The summed E-state index contributed by atoms with van der Waals surface area (Å²) in [5.74, 6) is 0.221. The van der Waals surface area contributed by atoms with Crippen LogP contribution >= 0.6 is 26.6 Å². The molecule has 0 amide bonds. The molecule has 18 heavy (non-hydrogen) atoms. The summed E-state index contributed by atoms with van der Waals surface area (Å²) in [6.07, 6.45) is 0. The van der Waals surface area contributed by atoms with Crippen molar-refractivity contribution in [1.29, 1.82) is 0 Å². The Hall–Kier alpha value is -0.850. The van der Waals surface area contributed by atoms with E-state index in [9.17, 15) is 8.42 Å². The minimum atomic E-state index is -3.63. The number of nitrogens with zero attached hydrogens (tertiary/aromatic N) is 1. The van der Waals surface area contributed by atoms with Crippen molar-refractivity contribution in [2.24, 2.45) is 0 Å². The Kier molecular flexibility index (Phi) is 3.79. The molecule has 0 bridgehead atoms. The van der Waals surface area contributed by atoms with Gasteiger partial charge in [-0.05, 0) is 19.1 Å². The van der Waals surface area contributed by atoms with Gasteiger partial charge >= 0.3 is 0 Å². The Morgan fingerprint density at radius 3 is 2.50 bits per heavy atom. The van der Waals surface area contributed by atoms with E-state index in [1.807, 2.05) is 24.3 Å². The molecule has 0 radical (unpaired) electrons. The van der Waals surface area contributed by atoms with Crippen molar-refractivity contribution in [1.82, 2.24) is 5.16 Å². The van der Waals surface area contributed by atoms with Gasteiger partial charge < -0.3 is 4.52 Å². The van der Waals surface area contributed by atoms with E-state index in [1.165, 1.54) is 0 Å². The molecule has 1 aromatic heterocycles. The summed E-state index contributed by atoms with van der Waals surface area (Å²) in [6.45, 7) is 1.76. The first-order valence-electron chi connectivity index (χ1n) is 5.00. The standard InChI is InChI=1S/C11H9BrClNO3S/c1-7-10(6-18(13,15)16)14-17-11(7)8-2-4-9(12)5-3-8/h2-5H,6H2,1H3. The maximum absolute atomic E-state index is 11.0. The van der Waals surface area contributed by atoms with Gasteiger partial charge in [0, 0.05) is 26.3 Å². The summed E-state index contributed by atoms with van der Waals surface area (Å²) in [4.78, 5) is 0. The third-order valence-corrected chi connectivity index (χ3v) is 3.91. The molecule has 0 aliphatic carbocycles. The molecule has 0 N–H and O–H groups in total. The Labute approximate surface area is 117 Å². The summed E-state index contributed by atoms with van der Waals surface area (Å²) in [6, 6.07) is 7.46. The quantitative estimate of drug-likeness (QED) is 0.795. The molecule has 0 unspecified atom stereocenters. The van der Waals surface area contributed by atoms with Gasteiger partial charge in [-0.1, -0.05) is 33.2 Å². The Bertz CT molecular complexity index is 664. The largest absolute Gasteiger partial charge is 0.356 e. The Balaban J connectivity index is 2.39. The molecule has 0 saturated heterocycles. The van der Waals surface area contributed by atoms with Crippen LogP contribution in [-0.4, -0.2) is 13.6 Å². The Morgan fingerprint density at radius 1 is 1.33 bits per heavy atom. The zero-order valence-corrected chi connectivity index (χ0v) is 12.5. The van der Waals surface area contributed by atoms with Gasteiger partial charge in [0.2, 0.25) is 9.05 Å². The molecule has 0 fully saturated rings. The van der Waals surface area contributed by atoms with Crippen LogP contribution < -0.4 is 0 Å². The molecule has 2 aromatic rings. The lowest BCUT2D eigenvalue weighted by molar-refractivity contribution is 0.425. The SMILES string of the molecule is Cc1c(CS(=O)(=O)Cl)noc1-c1ccc(Br)cc1. The average molecular weight is 351 g/mol. The molecule has 0 spiro atoms. The fourth-order valence-corrected chi connectivity index (χ4v) is 2.71. The van der Waals surface area contributed by atoms with Crippen molar-refractivity contribution in [2.45, 2.75) is 12.7 Å². The second-order valence-corrected chi connectivity index (χ2v) is 7.47. The van der Waals surface area contributed by atoms with Crippen molar-refractivity contribution in [2.75, 3.05) is 0 Å². The maximum atomic E-state index is 11.0. The van der Waals surface area contributed by atoms with Gasteiger partial charge in [-0.3, -0.25) is 0 Å². The van der Waals surface area contributed by atoms with E-state index in [4.69, 9.17) is 15.2 Å². The summed E-state index contributed by atoms with van der Waals surface area (Å²) in [7, 11) is 1.57. The molecular formula is C11H9BrClNO3S. The topological polar surface area (TPSA) is 60.2 Å². The monoisotopic (exact) mass is 349 g/mol. The fourth-order valence-electron chi connectivity index (χ4n) is 1.54. The third kappa shape index (κ3) is 3.13. The lowest BCUT2D eigenvalue weighted by Gasteiger charge is -1.98. The van der Waals surface area contributed by atoms with Gasteiger partial charge in [0.25, 0.3) is 0 Å². The van der Waals surface area contributed by atoms with Gasteiger partial charge in [-0.25, -0.2) is 8.42 Å². The zero-order valence-electron chi connectivity index (χ0n) is 9.35. The Morgan fingerprint density at radius 2 is 1.94 bits per heavy atom. The molecule has 1 heterocycles. The van der Waals surface area contributed by atoms with Crippen LogP contribution in [0.4, 0.5) is 0 Å². The minimum absolute atomic E-state index is 0.333. The van der Waals surface area contributed by atoms with Crippen molar-refractivity contribution < 1.29 is 12.9 Å². The van der Waals surface area contributed by atoms with Crippen LogP contribution in [-0.2, 0) is 14.8 Å². The highest BCUT2D eigenvalue weighted by Crippen LogP contribution is 2.28. The average Bonchev–Trinajstić information content (AvgIpc) is 2.60. The highest BCUT2D eigenvalue weighted by atomic mass is 79.9. The van der Waals surface area contributed by atoms with E-state index in [-0.39, 0.29) is 5.75 Å². The summed E-state index contributed by atoms with van der Waals surface area (Å²) >= 11 is 3.34. The van der Waals surface area contributed by atoms with E-state index < -0.39 is 9.05 Å². The van der Waals surface area contributed by atoms with Gasteiger partial charge in [0.15, 0.2) is 5.76 Å². The molecule has 1 aromatic carbocycles. The normalized spacial score (nSPS) is 11.7. The number of rotatable bonds is 3. The van der Waals surface area contributed by atoms with Crippen molar-refractivity contribution in [3.05, 3.63) is 40.0 Å². The first-order valence-corrected chi connectivity index (χ1v) is 8.27. The van der Waals surface area contributed by atoms with Crippen LogP contribution in [0.25, 0.3) is 11.3 Å². The first kappa shape index (κ1) is 13.6. The molecule has 4 nitrogen and oxygen atoms in total. The minimum Gasteiger partial charge on any atom is -0.356 e. The van der Waals surface area contributed by atoms with Gasteiger partial charge in [0.05, 0.1) is 0 Å². The maximum Gasteiger partial charge on any atom is 0.238 e. The second-order valence-electron chi connectivity index (χ2n) is 3.77. The predicted octanol–water partition coefficient (Wildman–Crippen LogP) is 3.48. The lowest BCUT2D eigenvalue weighted by atomic mass is 10.1. The van der Waals surface area contributed by atoms with Gasteiger partial charge in [0.1, 0.15) is 11.4 Å². The highest BCUT2D eigenvalue weighted by molar-refractivity contribution is 9.10. The molecule has 0 aliphatic rings. The van der Waals surface area contributed by atoms with Crippen molar-refractivity contribution >= 4 is 35.7 Å². The second kappa shape index (κ2) is 5.03. The van der Waals surface area contributed by atoms with Crippen LogP contribution in [0.1, 0.15) is 11.3 Å². The number of aromatic nitrogens is 1. The van der Waals surface area contributed by atoms with Gasteiger partial charge in [-0.15, -0.1) is 0 Å². The lowest BCUT2D eigenvalue weighted by Crippen LogP contribution is -1.97. The van der Waals surface area contributed by atoms with E-state index in [0.29, 0.717) is 17.0 Å². The summed E-state index contributed by atoms with van der Waals surface area (Å²) in [5, 5.41) is 3.75. The molecule has 0 saturated carbocycles. The first-order chi connectivity index (χ1) is 8.37. The molecule has 7 heteroatoms. The number of halogens is 2. The molecule has 2 rings (SSSR count). The van der Waals surface area contributed by atoms with E-state index in [1.54, 1.807) is 6.92 Å². The highest BCUT2D eigenvalue weighted by Gasteiger charge is 2.18. The molecule has 96 valence electrons. The zero-order chi connectivity index (χ0) is 13.3. The third-order valence-electron chi connectivity index (χ3n) is 2.44. The van der Waals surface area contributed by atoms with Crippen LogP contribution in [0.5, 0.6) is 0 Å². The molecule has 0 aliphatic heterocycles. The summed E-state index contributed by atoms with van der Waals surface area (Å²) < 4.78 is 28.2. The van der Waals surface area contributed by atoms with Crippen molar-refractivity contribution in [3.8, 4) is 11.3 Å². The molecule has 0 atom stereocenters. The fraction of sp³-hybridized carbons (Fsp3) is 0.182. The van der Waals surface area contributed by atoms with E-state index in [2.05, 4.69) is 21.1 Å². The smallest absolute Gasteiger partial charge is 0.238 e. The molecular weight excluding hydrogens is 342 g/mol. The number of benzene rings is 1. The van der Waals surface area contributed by atoms with Crippen LogP contribution in [0.15, 0.2) is 33.3 Å². The predicted molar refractivity (Wildman–Crippen MR) is 72.9 cm³/mol. The van der Waals surface area contributed by atoms with Crippen LogP contribution in [0.3, 0.4) is 0 Å². The number of hydrogen-bond acceptors (Lipinski definition) is 4. The van der Waals surface area contributed by atoms with Crippen LogP contribution in [0.2, 0.25) is 0 Å². The number of hydrogen-bond donors (Lipinski definition) is 0.